The average Bonchev–Trinajstić information content (AvgIpc) is 2.85. The van der Waals surface area contributed by atoms with Crippen LogP contribution in [0.5, 0.6) is 0 Å². The third kappa shape index (κ3) is 3.64. The number of hydrogen-bond donors (Lipinski definition) is 1. The van der Waals surface area contributed by atoms with Crippen molar-refractivity contribution in [2.24, 2.45) is 0 Å². The molecule has 0 aliphatic heterocycles. The molecule has 0 fully saturated rings. The zero-order valence-electron chi connectivity index (χ0n) is 11.3. The summed E-state index contributed by atoms with van der Waals surface area (Å²) in [5, 5.41) is 3.29. The molecule has 0 aliphatic rings. The van der Waals surface area contributed by atoms with Crippen molar-refractivity contribution < 1.29 is 9.59 Å². The summed E-state index contributed by atoms with van der Waals surface area (Å²) < 4.78 is 1.08. The predicted octanol–water partition coefficient (Wildman–Crippen LogP) is 1.51. The fourth-order valence-electron chi connectivity index (χ4n) is 1.49. The van der Waals surface area contributed by atoms with Gasteiger partial charge in [0.15, 0.2) is 0 Å². The summed E-state index contributed by atoms with van der Waals surface area (Å²) in [4.78, 5) is 28.7. The van der Waals surface area contributed by atoms with E-state index in [1.54, 1.807) is 20.2 Å². The Kier molecular flexibility index (Phi) is 4.47. The van der Waals surface area contributed by atoms with Gasteiger partial charge in [-0.3, -0.25) is 9.59 Å². The van der Waals surface area contributed by atoms with Crippen LogP contribution in [0.2, 0.25) is 0 Å². The average molecular weight is 289 g/mol. The van der Waals surface area contributed by atoms with Crippen molar-refractivity contribution in [2.45, 2.75) is 0 Å². The van der Waals surface area contributed by atoms with Crippen molar-refractivity contribution in [3.8, 4) is 0 Å². The molecule has 0 spiro atoms. The zero-order valence-corrected chi connectivity index (χ0v) is 12.1. The molecule has 2 aromatic rings. The lowest BCUT2D eigenvalue weighted by atomic mass is 10.3. The van der Waals surface area contributed by atoms with Crippen LogP contribution < -0.4 is 5.32 Å². The Morgan fingerprint density at radius 3 is 2.80 bits per heavy atom. The number of carbonyl (C=O) groups excluding carboxylic acids is 2. The highest BCUT2D eigenvalue weighted by Gasteiger charge is 2.05. The molecule has 0 saturated heterocycles. The SMILES string of the molecule is CN(C)C(=O)CNC(=O)C=Cc1nc2ccccc2s1. The topological polar surface area (TPSA) is 62.3 Å². The Morgan fingerprint density at radius 1 is 1.35 bits per heavy atom. The van der Waals surface area contributed by atoms with Crippen molar-refractivity contribution in [2.75, 3.05) is 20.6 Å². The molecule has 1 aromatic heterocycles. The quantitative estimate of drug-likeness (QED) is 0.868. The second-order valence-corrected chi connectivity index (χ2v) is 5.42. The van der Waals surface area contributed by atoms with E-state index in [1.807, 2.05) is 24.3 Å². The predicted molar refractivity (Wildman–Crippen MR) is 80.4 cm³/mol. The van der Waals surface area contributed by atoms with E-state index >= 15 is 0 Å². The summed E-state index contributed by atoms with van der Waals surface area (Å²) >= 11 is 1.52. The first kappa shape index (κ1) is 14.2. The molecule has 2 rings (SSSR count). The van der Waals surface area contributed by atoms with Gasteiger partial charge in [-0.1, -0.05) is 12.1 Å². The van der Waals surface area contributed by atoms with Crippen molar-refractivity contribution in [3.05, 3.63) is 35.3 Å². The van der Waals surface area contributed by atoms with Crippen LogP contribution in [-0.2, 0) is 9.59 Å². The minimum absolute atomic E-state index is 0.00395. The maximum Gasteiger partial charge on any atom is 0.244 e. The van der Waals surface area contributed by atoms with Gasteiger partial charge in [0.2, 0.25) is 11.8 Å². The second kappa shape index (κ2) is 6.29. The van der Waals surface area contributed by atoms with Crippen LogP contribution >= 0.6 is 11.3 Å². The molecule has 0 unspecified atom stereocenters. The number of thiazole rings is 1. The van der Waals surface area contributed by atoms with Gasteiger partial charge in [-0.05, 0) is 18.2 Å². The summed E-state index contributed by atoms with van der Waals surface area (Å²) in [7, 11) is 3.29. The van der Waals surface area contributed by atoms with Gasteiger partial charge in [0.1, 0.15) is 5.01 Å². The molecule has 6 heteroatoms. The van der Waals surface area contributed by atoms with Crippen LogP contribution in [0.25, 0.3) is 16.3 Å². The van der Waals surface area contributed by atoms with Crippen LogP contribution in [0, 0.1) is 0 Å². The monoisotopic (exact) mass is 289 g/mol. The molecule has 5 nitrogen and oxygen atoms in total. The van der Waals surface area contributed by atoms with Gasteiger partial charge in [0, 0.05) is 20.2 Å². The van der Waals surface area contributed by atoms with Gasteiger partial charge < -0.3 is 10.2 Å². The number of para-hydroxylation sites is 1. The maximum absolute atomic E-state index is 11.6. The van der Waals surface area contributed by atoms with Crippen LogP contribution in [0.15, 0.2) is 30.3 Å². The summed E-state index contributed by atoms with van der Waals surface area (Å²) in [6.07, 6.45) is 3.04. The molecule has 1 heterocycles. The lowest BCUT2D eigenvalue weighted by molar-refractivity contribution is -0.129. The Hall–Kier alpha value is -2.21. The number of benzene rings is 1. The maximum atomic E-state index is 11.6. The van der Waals surface area contributed by atoms with Gasteiger partial charge in [-0.15, -0.1) is 11.3 Å². The molecule has 2 amide bonds. The first-order valence-electron chi connectivity index (χ1n) is 6.08. The fraction of sp³-hybridized carbons (Fsp3) is 0.214. The van der Waals surface area contributed by atoms with E-state index in [1.165, 1.54) is 22.3 Å². The van der Waals surface area contributed by atoms with Crippen LogP contribution in [0.1, 0.15) is 5.01 Å². The van der Waals surface area contributed by atoms with E-state index in [0.29, 0.717) is 0 Å². The molecule has 0 aliphatic carbocycles. The van der Waals surface area contributed by atoms with E-state index < -0.39 is 0 Å². The van der Waals surface area contributed by atoms with Crippen LogP contribution in [0.3, 0.4) is 0 Å². The molecule has 20 heavy (non-hydrogen) atoms. The standard InChI is InChI=1S/C14H15N3O2S/c1-17(2)14(19)9-15-12(18)7-8-13-16-10-5-3-4-6-11(10)20-13/h3-8H,9H2,1-2H3,(H,15,18). The van der Waals surface area contributed by atoms with Crippen molar-refractivity contribution in [1.82, 2.24) is 15.2 Å². The third-order valence-corrected chi connectivity index (χ3v) is 3.60. The van der Waals surface area contributed by atoms with E-state index in [9.17, 15) is 9.59 Å². The highest BCUT2D eigenvalue weighted by atomic mass is 32.1. The molecule has 0 atom stereocenters. The number of carbonyl (C=O) groups is 2. The minimum Gasteiger partial charge on any atom is -0.347 e. The number of aromatic nitrogens is 1. The van der Waals surface area contributed by atoms with Crippen molar-refractivity contribution >= 4 is 39.4 Å². The third-order valence-electron chi connectivity index (χ3n) is 2.60. The van der Waals surface area contributed by atoms with Crippen molar-refractivity contribution in [3.63, 3.8) is 0 Å². The Morgan fingerprint density at radius 2 is 2.10 bits per heavy atom. The Bertz CT molecular complexity index is 628. The van der Waals surface area contributed by atoms with E-state index in [0.717, 1.165) is 15.2 Å². The molecule has 1 N–H and O–H groups in total. The van der Waals surface area contributed by atoms with E-state index in [2.05, 4.69) is 10.3 Å². The lowest BCUT2D eigenvalue weighted by Gasteiger charge is -2.09. The molecule has 104 valence electrons. The van der Waals surface area contributed by atoms with Gasteiger partial charge >= 0.3 is 0 Å². The highest BCUT2D eigenvalue weighted by molar-refractivity contribution is 7.19. The van der Waals surface area contributed by atoms with Gasteiger partial charge in [-0.25, -0.2) is 4.98 Å². The first-order chi connectivity index (χ1) is 9.56. The highest BCUT2D eigenvalue weighted by Crippen LogP contribution is 2.22. The number of amides is 2. The first-order valence-corrected chi connectivity index (χ1v) is 6.89. The fourth-order valence-corrected chi connectivity index (χ4v) is 2.36. The van der Waals surface area contributed by atoms with Gasteiger partial charge in [0.05, 0.1) is 16.8 Å². The number of nitrogens with one attached hydrogen (secondary N) is 1. The minimum atomic E-state index is -0.306. The number of hydrogen-bond acceptors (Lipinski definition) is 4. The summed E-state index contributed by atoms with van der Waals surface area (Å²) in [6.45, 7) is -0.00395. The number of nitrogens with zero attached hydrogens (tertiary/aromatic N) is 2. The van der Waals surface area contributed by atoms with Gasteiger partial charge in [0.25, 0.3) is 0 Å². The summed E-state index contributed by atoms with van der Waals surface area (Å²) in [5.41, 5.74) is 0.917. The zero-order chi connectivity index (χ0) is 14.5. The molecular formula is C14H15N3O2S. The van der Waals surface area contributed by atoms with Crippen molar-refractivity contribution in [1.29, 1.82) is 0 Å². The Balaban J connectivity index is 1.95. The molecule has 1 aromatic carbocycles. The number of fused-ring (bicyclic) bond motifs is 1. The summed E-state index contributed by atoms with van der Waals surface area (Å²) in [5.74, 6) is -0.453. The van der Waals surface area contributed by atoms with E-state index in [4.69, 9.17) is 0 Å². The van der Waals surface area contributed by atoms with E-state index in [-0.39, 0.29) is 18.4 Å². The second-order valence-electron chi connectivity index (χ2n) is 4.36. The lowest BCUT2D eigenvalue weighted by Crippen LogP contribution is -2.35. The van der Waals surface area contributed by atoms with Crippen LogP contribution in [-0.4, -0.2) is 42.3 Å². The molecular weight excluding hydrogens is 274 g/mol. The smallest absolute Gasteiger partial charge is 0.244 e. The molecule has 0 bridgehead atoms. The Labute approximate surface area is 120 Å². The summed E-state index contributed by atoms with van der Waals surface area (Å²) in [6, 6.07) is 7.79. The normalized spacial score (nSPS) is 10.9. The van der Waals surface area contributed by atoms with Gasteiger partial charge in [-0.2, -0.15) is 0 Å². The number of rotatable bonds is 4. The molecule has 0 saturated carbocycles. The number of likely N-dealkylation sites (N-methyl/N-ethyl adjacent to an activating group) is 1. The largest absolute Gasteiger partial charge is 0.347 e. The molecule has 0 radical (unpaired) electrons. The van der Waals surface area contributed by atoms with Crippen LogP contribution in [0.4, 0.5) is 0 Å².